The van der Waals surface area contributed by atoms with Crippen molar-refractivity contribution >= 4 is 6.29 Å². The van der Waals surface area contributed by atoms with Crippen LogP contribution in [0.3, 0.4) is 0 Å². The fourth-order valence-corrected chi connectivity index (χ4v) is 8.90. The van der Waals surface area contributed by atoms with Crippen LogP contribution in [0.25, 0.3) is 0 Å². The lowest BCUT2D eigenvalue weighted by molar-refractivity contribution is -0.118. The summed E-state index contributed by atoms with van der Waals surface area (Å²) in [4.78, 5) is 12.3. The Bertz CT molecular complexity index is 928. The highest BCUT2D eigenvalue weighted by Crippen LogP contribution is 2.68. The first-order valence-electron chi connectivity index (χ1n) is 13.1. The number of fused-ring (bicyclic) bond motifs is 5. The van der Waals surface area contributed by atoms with Gasteiger partial charge >= 0.3 is 0 Å². The van der Waals surface area contributed by atoms with Gasteiger partial charge in [-0.1, -0.05) is 43.7 Å². The minimum Gasteiger partial charge on any atom is -0.374 e. The molecule has 1 heterocycles. The molecule has 3 fully saturated rings. The monoisotopic (exact) mass is 447 g/mol. The van der Waals surface area contributed by atoms with Gasteiger partial charge in [-0.2, -0.15) is 0 Å². The molecule has 1 N–H and O–H groups in total. The molecule has 0 aromatic rings. The van der Waals surface area contributed by atoms with Gasteiger partial charge in [0, 0.05) is 23.2 Å². The Balaban J connectivity index is 1.52. The van der Waals surface area contributed by atoms with Gasteiger partial charge in [0.15, 0.2) is 0 Å². The molecular formula is C30H41NO2. The SMILES string of the molecule is C=CCOC1CC[C@H]2[C@@H]3CC=C4C(C)(C5=CC=CC=CN5)C(C=O)CC[C@]4(C)[C@H]3CC[C@]12C. The lowest BCUT2D eigenvalue weighted by atomic mass is 9.43. The first-order chi connectivity index (χ1) is 15.9. The van der Waals surface area contributed by atoms with Gasteiger partial charge in [0.2, 0.25) is 0 Å². The number of hydrogen-bond donors (Lipinski definition) is 1. The number of hydrogen-bond acceptors (Lipinski definition) is 3. The van der Waals surface area contributed by atoms with E-state index in [1.54, 1.807) is 0 Å². The Morgan fingerprint density at radius 3 is 2.73 bits per heavy atom. The molecule has 8 atom stereocenters. The van der Waals surface area contributed by atoms with Crippen LogP contribution in [0, 0.1) is 39.9 Å². The number of nitrogens with one attached hydrogen (secondary N) is 1. The maximum absolute atomic E-state index is 12.3. The average Bonchev–Trinajstić information content (AvgIpc) is 2.96. The van der Waals surface area contributed by atoms with Gasteiger partial charge in [-0.25, -0.2) is 0 Å². The third-order valence-electron chi connectivity index (χ3n) is 10.6. The number of aldehydes is 1. The van der Waals surface area contributed by atoms with E-state index in [0.717, 1.165) is 31.1 Å². The van der Waals surface area contributed by atoms with Crippen LogP contribution in [0.15, 0.2) is 60.5 Å². The topological polar surface area (TPSA) is 38.3 Å². The third kappa shape index (κ3) is 3.29. The lowest BCUT2D eigenvalue weighted by Gasteiger charge is -2.61. The average molecular weight is 448 g/mol. The predicted octanol–water partition coefficient (Wildman–Crippen LogP) is 6.51. The summed E-state index contributed by atoms with van der Waals surface area (Å²) in [5.41, 5.74) is 2.85. The Hall–Kier alpha value is -1.87. The van der Waals surface area contributed by atoms with E-state index in [2.05, 4.69) is 57.0 Å². The number of carbonyl (C=O) groups excluding carboxylic acids is 1. The maximum Gasteiger partial charge on any atom is 0.124 e. The first-order valence-corrected chi connectivity index (χ1v) is 13.1. The smallest absolute Gasteiger partial charge is 0.124 e. The standard InChI is InChI=1S/C30H41NO2/c1-5-19-33-27-13-11-23-22-10-12-25-28(2,24(22)15-17-29(23,27)3)16-14-21(20-32)30(25,4)26-9-7-6-8-18-31-26/h5-9,12,18,20-24,27,31H,1,10-11,13-17,19H2,2-4H3/t21?,22-,23-,24-,27?,28+,29-,30?/m0/s1. The summed E-state index contributed by atoms with van der Waals surface area (Å²) in [6.45, 7) is 11.9. The molecule has 0 amide bonds. The van der Waals surface area contributed by atoms with E-state index in [9.17, 15) is 4.79 Å². The van der Waals surface area contributed by atoms with Gasteiger partial charge in [-0.3, -0.25) is 0 Å². The molecule has 0 radical (unpaired) electrons. The predicted molar refractivity (Wildman–Crippen MR) is 134 cm³/mol. The molecule has 3 heteroatoms. The molecule has 3 saturated carbocycles. The highest BCUT2D eigenvalue weighted by molar-refractivity contribution is 5.61. The van der Waals surface area contributed by atoms with Crippen LogP contribution in [0.5, 0.6) is 0 Å². The van der Waals surface area contributed by atoms with Crippen molar-refractivity contribution in [1.82, 2.24) is 5.32 Å². The summed E-state index contributed by atoms with van der Waals surface area (Å²) in [5.74, 6) is 2.17. The zero-order valence-electron chi connectivity index (χ0n) is 20.7. The summed E-state index contributed by atoms with van der Waals surface area (Å²) in [6, 6.07) is 0. The van der Waals surface area contributed by atoms with Crippen molar-refractivity contribution in [2.24, 2.45) is 39.9 Å². The van der Waals surface area contributed by atoms with Gasteiger partial charge in [0.05, 0.1) is 12.7 Å². The molecule has 3 unspecified atom stereocenters. The van der Waals surface area contributed by atoms with Gasteiger partial charge < -0.3 is 14.8 Å². The molecule has 1 aliphatic heterocycles. The normalized spacial score (nSPS) is 46.1. The molecule has 4 aliphatic carbocycles. The Morgan fingerprint density at radius 1 is 1.09 bits per heavy atom. The van der Waals surface area contributed by atoms with Crippen LogP contribution in [0.2, 0.25) is 0 Å². The second-order valence-electron chi connectivity index (χ2n) is 11.8. The molecule has 0 saturated heterocycles. The van der Waals surface area contributed by atoms with Crippen LogP contribution < -0.4 is 5.32 Å². The van der Waals surface area contributed by atoms with E-state index in [0.29, 0.717) is 18.6 Å². The van der Waals surface area contributed by atoms with Crippen molar-refractivity contribution in [3.63, 3.8) is 0 Å². The summed E-state index contributed by atoms with van der Waals surface area (Å²) in [5, 5.41) is 3.54. The second-order valence-corrected chi connectivity index (χ2v) is 11.8. The quantitative estimate of drug-likeness (QED) is 0.386. The zero-order chi connectivity index (χ0) is 23.3. The minimum atomic E-state index is -0.273. The van der Waals surface area contributed by atoms with Crippen LogP contribution in [-0.2, 0) is 9.53 Å². The number of rotatable bonds is 5. The fourth-order valence-electron chi connectivity index (χ4n) is 8.90. The summed E-state index contributed by atoms with van der Waals surface area (Å²) in [7, 11) is 0. The molecule has 178 valence electrons. The number of ether oxygens (including phenoxy) is 1. The zero-order valence-corrected chi connectivity index (χ0v) is 20.7. The van der Waals surface area contributed by atoms with Gasteiger partial charge in [0.25, 0.3) is 0 Å². The highest BCUT2D eigenvalue weighted by Gasteiger charge is 2.62. The molecule has 0 aromatic heterocycles. The Kier molecular flexibility index (Phi) is 5.84. The molecule has 5 rings (SSSR count). The molecular weight excluding hydrogens is 406 g/mol. The summed E-state index contributed by atoms with van der Waals surface area (Å²) >= 11 is 0. The van der Waals surface area contributed by atoms with Gasteiger partial charge in [0.1, 0.15) is 6.29 Å². The second kappa shape index (κ2) is 8.41. The molecule has 0 spiro atoms. The van der Waals surface area contributed by atoms with Crippen molar-refractivity contribution in [2.75, 3.05) is 6.61 Å². The van der Waals surface area contributed by atoms with E-state index in [-0.39, 0.29) is 22.2 Å². The van der Waals surface area contributed by atoms with Crippen molar-refractivity contribution in [2.45, 2.75) is 71.8 Å². The fraction of sp³-hybridized carbons (Fsp3) is 0.633. The number of carbonyl (C=O) groups is 1. The largest absolute Gasteiger partial charge is 0.374 e. The molecule has 33 heavy (non-hydrogen) atoms. The molecule has 0 aromatic carbocycles. The van der Waals surface area contributed by atoms with Crippen molar-refractivity contribution in [1.29, 1.82) is 0 Å². The Labute approximate surface area is 200 Å². The van der Waals surface area contributed by atoms with E-state index < -0.39 is 0 Å². The van der Waals surface area contributed by atoms with Gasteiger partial charge in [-0.15, -0.1) is 6.58 Å². The molecule has 5 aliphatic rings. The van der Waals surface area contributed by atoms with Crippen molar-refractivity contribution < 1.29 is 9.53 Å². The van der Waals surface area contributed by atoms with E-state index in [1.165, 1.54) is 43.2 Å². The van der Waals surface area contributed by atoms with E-state index >= 15 is 0 Å². The summed E-state index contributed by atoms with van der Waals surface area (Å²) < 4.78 is 6.29. The lowest BCUT2D eigenvalue weighted by Crippen LogP contribution is -2.55. The first kappa shape index (κ1) is 22.9. The molecule has 3 nitrogen and oxygen atoms in total. The maximum atomic E-state index is 12.3. The van der Waals surface area contributed by atoms with E-state index in [1.807, 2.05) is 18.4 Å². The highest BCUT2D eigenvalue weighted by atomic mass is 16.5. The van der Waals surface area contributed by atoms with Crippen LogP contribution in [-0.4, -0.2) is 19.0 Å². The third-order valence-corrected chi connectivity index (χ3v) is 10.6. The minimum absolute atomic E-state index is 0.0176. The summed E-state index contributed by atoms with van der Waals surface area (Å²) in [6.07, 6.45) is 24.7. The van der Waals surface area contributed by atoms with Crippen molar-refractivity contribution in [3.05, 3.63) is 60.5 Å². The van der Waals surface area contributed by atoms with Gasteiger partial charge in [-0.05, 0) is 92.6 Å². The van der Waals surface area contributed by atoms with Crippen LogP contribution in [0.4, 0.5) is 0 Å². The van der Waals surface area contributed by atoms with Crippen LogP contribution >= 0.6 is 0 Å². The van der Waals surface area contributed by atoms with Crippen molar-refractivity contribution in [3.8, 4) is 0 Å². The molecule has 0 bridgehead atoms. The number of allylic oxidation sites excluding steroid dienone is 6. The van der Waals surface area contributed by atoms with Crippen LogP contribution in [0.1, 0.15) is 65.7 Å². The van der Waals surface area contributed by atoms with E-state index in [4.69, 9.17) is 4.74 Å². The Morgan fingerprint density at radius 2 is 1.94 bits per heavy atom.